The highest BCUT2D eigenvalue weighted by Crippen LogP contribution is 2.58. The second kappa shape index (κ2) is 15.1. The van der Waals surface area contributed by atoms with Gasteiger partial charge in [0.1, 0.15) is 17.9 Å². The molecule has 2 heterocycles. The molecule has 0 bridgehead atoms. The van der Waals surface area contributed by atoms with Gasteiger partial charge in [-0.1, -0.05) is 31.5 Å². The minimum absolute atomic E-state index is 0.203. The van der Waals surface area contributed by atoms with Gasteiger partial charge < -0.3 is 33.7 Å². The normalized spacial score (nSPS) is 25.5. The molecule has 1 spiro atoms. The Morgan fingerprint density at radius 3 is 2.62 bits per heavy atom. The lowest BCUT2D eigenvalue weighted by Gasteiger charge is -2.48. The fourth-order valence-electron chi connectivity index (χ4n) is 9.11. The van der Waals surface area contributed by atoms with Crippen molar-refractivity contribution in [1.82, 2.24) is 4.98 Å². The predicted octanol–water partition coefficient (Wildman–Crippen LogP) is 7.92. The van der Waals surface area contributed by atoms with Crippen LogP contribution in [-0.2, 0) is 42.1 Å². The Hall–Kier alpha value is -4.02. The minimum Gasteiger partial charge on any atom is -0.493 e. The number of hydrogen-bond acceptors (Lipinski definition) is 10. The van der Waals surface area contributed by atoms with Crippen LogP contribution in [0.25, 0.3) is 0 Å². The van der Waals surface area contributed by atoms with E-state index in [0.29, 0.717) is 36.3 Å². The molecule has 0 amide bonds. The zero-order valence-electron chi connectivity index (χ0n) is 30.5. The van der Waals surface area contributed by atoms with Crippen LogP contribution < -0.4 is 19.5 Å². The van der Waals surface area contributed by atoms with E-state index in [1.807, 2.05) is 24.4 Å². The number of aryl methyl sites for hydroxylation is 1. The Bertz CT molecular complexity index is 1790. The molecule has 11 heteroatoms. The van der Waals surface area contributed by atoms with Crippen molar-refractivity contribution in [3.05, 3.63) is 76.1 Å². The highest BCUT2D eigenvalue weighted by molar-refractivity contribution is 6.30. The lowest BCUT2D eigenvalue weighted by molar-refractivity contribution is -0.191. The van der Waals surface area contributed by atoms with E-state index in [-0.39, 0.29) is 24.7 Å². The number of ether oxygens (including phenoxy) is 6. The Kier molecular flexibility index (Phi) is 10.6. The fraction of sp³-hybridized carbons (Fsp3) is 0.537. The Morgan fingerprint density at radius 1 is 1.06 bits per heavy atom. The standard InChI is InChI=1S/C41H49ClN2O8/c1-25(22-48-34-11-16-43-33-10-5-7-26(2)38(33)34)17-29-18-28-19-35-36(50-24-49-35)21-32(28)40(29)12-14-41(15-13-40,44-31-9-6-8-30(42)20-31)39(46)52-27(3)51-37(45)23-47-4/h6,8-9,11,16,19-21,25-27,29,44H,5,7,10,12-15,17-18,22-24H2,1-4H3/t25-,26-,27?,29+,40?,41?/m1/s1. The second-order valence-corrected chi connectivity index (χ2v) is 15.6. The van der Waals surface area contributed by atoms with Crippen LogP contribution in [0.3, 0.4) is 0 Å². The highest BCUT2D eigenvalue weighted by Gasteiger charge is 2.55. The third kappa shape index (κ3) is 7.29. The Morgan fingerprint density at radius 2 is 1.85 bits per heavy atom. The Balaban J connectivity index is 1.14. The van der Waals surface area contributed by atoms with E-state index in [1.54, 1.807) is 19.1 Å². The van der Waals surface area contributed by atoms with Crippen molar-refractivity contribution in [3.8, 4) is 17.2 Å². The number of aromatic nitrogens is 1. The summed E-state index contributed by atoms with van der Waals surface area (Å²) in [5.74, 6) is 2.47. The van der Waals surface area contributed by atoms with Gasteiger partial charge >= 0.3 is 11.9 Å². The number of nitrogens with one attached hydrogen (secondary N) is 1. The second-order valence-electron chi connectivity index (χ2n) is 15.1. The molecule has 52 heavy (non-hydrogen) atoms. The number of benzene rings is 2. The number of esters is 2. The number of carbonyl (C=O) groups excluding carboxylic acids is 2. The van der Waals surface area contributed by atoms with Crippen LogP contribution in [0.2, 0.25) is 5.02 Å². The van der Waals surface area contributed by atoms with Crippen LogP contribution in [0.4, 0.5) is 5.69 Å². The molecule has 0 saturated heterocycles. The van der Waals surface area contributed by atoms with Crippen molar-refractivity contribution < 1.29 is 38.0 Å². The first-order chi connectivity index (χ1) is 25.1. The average Bonchev–Trinajstić information content (AvgIpc) is 3.69. The molecular weight excluding hydrogens is 684 g/mol. The molecule has 1 fully saturated rings. The van der Waals surface area contributed by atoms with E-state index in [9.17, 15) is 9.59 Å². The molecule has 0 radical (unpaired) electrons. The van der Waals surface area contributed by atoms with Crippen LogP contribution in [0.5, 0.6) is 17.2 Å². The number of rotatable bonds is 12. The van der Waals surface area contributed by atoms with Gasteiger partial charge in [0.25, 0.3) is 0 Å². The van der Waals surface area contributed by atoms with Gasteiger partial charge in [-0.2, -0.15) is 0 Å². The number of fused-ring (bicyclic) bond motifs is 4. The minimum atomic E-state index is -1.08. The third-order valence-electron chi connectivity index (χ3n) is 11.6. The number of carbonyl (C=O) groups is 2. The van der Waals surface area contributed by atoms with Gasteiger partial charge in [-0.3, -0.25) is 4.98 Å². The van der Waals surface area contributed by atoms with Crippen molar-refractivity contribution in [3.63, 3.8) is 0 Å². The lowest BCUT2D eigenvalue weighted by atomic mass is 9.59. The van der Waals surface area contributed by atoms with Gasteiger partial charge in [0.15, 0.2) is 11.5 Å². The number of anilines is 1. The van der Waals surface area contributed by atoms with Gasteiger partial charge in [0, 0.05) is 42.2 Å². The largest absolute Gasteiger partial charge is 0.493 e. The predicted molar refractivity (Wildman–Crippen MR) is 196 cm³/mol. The monoisotopic (exact) mass is 732 g/mol. The summed E-state index contributed by atoms with van der Waals surface area (Å²) >= 11 is 6.37. The Labute approximate surface area is 310 Å². The van der Waals surface area contributed by atoms with Crippen molar-refractivity contribution in [2.24, 2.45) is 11.8 Å². The van der Waals surface area contributed by atoms with Crippen LogP contribution in [0, 0.1) is 11.8 Å². The van der Waals surface area contributed by atoms with Crippen LogP contribution in [-0.4, -0.2) is 55.9 Å². The summed E-state index contributed by atoms with van der Waals surface area (Å²) in [6.07, 6.45) is 8.43. The molecule has 1 aliphatic heterocycles. The molecule has 1 aromatic heterocycles. The number of halogens is 1. The van der Waals surface area contributed by atoms with E-state index in [1.165, 1.54) is 35.9 Å². The molecular formula is C41H49ClN2O8. The first-order valence-corrected chi connectivity index (χ1v) is 18.9. The van der Waals surface area contributed by atoms with E-state index >= 15 is 0 Å². The van der Waals surface area contributed by atoms with E-state index in [2.05, 4.69) is 36.3 Å². The van der Waals surface area contributed by atoms with Crippen molar-refractivity contribution in [1.29, 1.82) is 0 Å². The third-order valence-corrected chi connectivity index (χ3v) is 11.8. The van der Waals surface area contributed by atoms with Crippen molar-refractivity contribution in [2.45, 2.75) is 102 Å². The molecule has 10 nitrogen and oxygen atoms in total. The molecule has 278 valence electrons. The molecule has 1 N–H and O–H groups in total. The van der Waals surface area contributed by atoms with Gasteiger partial charge in [0.2, 0.25) is 13.1 Å². The maximum atomic E-state index is 14.2. The molecule has 3 aliphatic carbocycles. The SMILES string of the molecule is COCC(=O)OC(C)OC(=O)C1(Nc2cccc(Cl)c2)CCC2(CC1)c1cc3c(cc1C[C@@H]2C[C@@H](C)COc1ccnc2c1[C@H](C)CCC2)OCO3. The van der Waals surface area contributed by atoms with E-state index in [0.717, 1.165) is 61.5 Å². The summed E-state index contributed by atoms with van der Waals surface area (Å²) in [4.78, 5) is 30.9. The summed E-state index contributed by atoms with van der Waals surface area (Å²) in [6.45, 7) is 6.68. The van der Waals surface area contributed by atoms with Crippen LogP contribution >= 0.6 is 11.6 Å². The highest BCUT2D eigenvalue weighted by atomic mass is 35.5. The maximum absolute atomic E-state index is 14.2. The van der Waals surface area contributed by atoms with Gasteiger partial charge in [0.05, 0.1) is 6.61 Å². The van der Waals surface area contributed by atoms with Crippen molar-refractivity contribution >= 4 is 29.2 Å². The summed E-state index contributed by atoms with van der Waals surface area (Å²) in [6, 6.07) is 13.7. The first kappa shape index (κ1) is 36.3. The molecule has 2 aromatic carbocycles. The number of pyridine rings is 1. The number of nitrogens with zero attached hydrogens (tertiary/aromatic N) is 1. The summed E-state index contributed by atoms with van der Waals surface area (Å²) in [7, 11) is 1.41. The van der Waals surface area contributed by atoms with E-state index in [4.69, 9.17) is 40.0 Å². The van der Waals surface area contributed by atoms with Crippen molar-refractivity contribution in [2.75, 3.05) is 32.4 Å². The summed E-state index contributed by atoms with van der Waals surface area (Å²) in [5.41, 5.74) is 4.43. The van der Waals surface area contributed by atoms with Gasteiger partial charge in [-0.25, -0.2) is 9.59 Å². The molecule has 1 saturated carbocycles. The van der Waals surface area contributed by atoms with Crippen LogP contribution in [0.15, 0.2) is 48.7 Å². The van der Waals surface area contributed by atoms with Gasteiger partial charge in [-0.15, -0.1) is 0 Å². The number of hydrogen-bond donors (Lipinski definition) is 1. The summed E-state index contributed by atoms with van der Waals surface area (Å²) in [5, 5.41) is 4.08. The molecule has 1 unspecified atom stereocenters. The number of methoxy groups -OCH3 is 1. The zero-order chi connectivity index (χ0) is 36.5. The fourth-order valence-corrected chi connectivity index (χ4v) is 9.30. The lowest BCUT2D eigenvalue weighted by Crippen LogP contribution is -2.54. The molecule has 7 rings (SSSR count). The molecule has 4 aliphatic rings. The van der Waals surface area contributed by atoms with Gasteiger partial charge in [-0.05, 0) is 128 Å². The van der Waals surface area contributed by atoms with E-state index < -0.39 is 23.8 Å². The van der Waals surface area contributed by atoms with Crippen LogP contribution in [0.1, 0.15) is 94.0 Å². The topological polar surface area (TPSA) is 114 Å². The zero-order valence-corrected chi connectivity index (χ0v) is 31.3. The quantitative estimate of drug-likeness (QED) is 0.146. The smallest absolute Gasteiger partial charge is 0.335 e. The molecule has 4 atom stereocenters. The molecule has 3 aromatic rings. The first-order valence-electron chi connectivity index (χ1n) is 18.6. The maximum Gasteiger partial charge on any atom is 0.335 e. The summed E-state index contributed by atoms with van der Waals surface area (Å²) < 4.78 is 34.3. The average molecular weight is 733 g/mol.